The molecule has 1 unspecified atom stereocenters. The highest BCUT2D eigenvalue weighted by molar-refractivity contribution is 6.29. The first-order chi connectivity index (χ1) is 9.86. The van der Waals surface area contributed by atoms with Gasteiger partial charge in [-0.3, -0.25) is 9.59 Å². The number of carbonyl (C=O) groups excluding carboxylic acids is 2. The van der Waals surface area contributed by atoms with E-state index in [2.05, 4.69) is 10.3 Å². The van der Waals surface area contributed by atoms with Crippen LogP contribution in [-0.4, -0.2) is 41.3 Å². The summed E-state index contributed by atoms with van der Waals surface area (Å²) in [6.07, 6.45) is 1.14. The molecule has 1 aliphatic rings. The van der Waals surface area contributed by atoms with Gasteiger partial charge < -0.3 is 10.2 Å². The highest BCUT2D eigenvalue weighted by Crippen LogP contribution is 2.18. The van der Waals surface area contributed by atoms with E-state index in [0.29, 0.717) is 30.1 Å². The molecule has 0 spiro atoms. The van der Waals surface area contributed by atoms with Crippen molar-refractivity contribution in [1.29, 1.82) is 0 Å². The molecule has 21 heavy (non-hydrogen) atoms. The van der Waals surface area contributed by atoms with E-state index in [1.165, 1.54) is 0 Å². The Morgan fingerprint density at radius 3 is 2.81 bits per heavy atom. The zero-order valence-electron chi connectivity index (χ0n) is 12.5. The Labute approximate surface area is 129 Å². The van der Waals surface area contributed by atoms with E-state index < -0.39 is 0 Å². The summed E-state index contributed by atoms with van der Waals surface area (Å²) in [7, 11) is 1.75. The summed E-state index contributed by atoms with van der Waals surface area (Å²) in [4.78, 5) is 29.6. The van der Waals surface area contributed by atoms with Crippen molar-refractivity contribution in [2.45, 2.75) is 38.6 Å². The molecule has 6 heteroatoms. The predicted molar refractivity (Wildman–Crippen MR) is 81.5 cm³/mol. The van der Waals surface area contributed by atoms with Crippen molar-refractivity contribution in [3.8, 4) is 0 Å². The average Bonchev–Trinajstić information content (AvgIpc) is 2.42. The largest absolute Gasteiger partial charge is 0.348 e. The maximum absolute atomic E-state index is 12.3. The molecule has 0 saturated carbocycles. The topological polar surface area (TPSA) is 62.3 Å². The molecule has 0 radical (unpaired) electrons. The fourth-order valence-corrected chi connectivity index (χ4v) is 2.56. The average molecular weight is 310 g/mol. The lowest BCUT2D eigenvalue weighted by molar-refractivity contribution is -0.132. The van der Waals surface area contributed by atoms with Crippen molar-refractivity contribution in [3.63, 3.8) is 0 Å². The standard InChI is InChI=1S/C15H20ClN3O2/c1-9(2)12-6-10(7-13(16)18-12)15(21)17-11-4-5-14(20)19(3)8-11/h6-7,9,11H,4-5,8H2,1-3H3,(H,17,21). The minimum atomic E-state index is -0.172. The number of nitrogens with one attached hydrogen (secondary N) is 1. The van der Waals surface area contributed by atoms with Crippen LogP contribution in [0.2, 0.25) is 5.15 Å². The lowest BCUT2D eigenvalue weighted by Gasteiger charge is -2.30. The molecule has 114 valence electrons. The second kappa shape index (κ2) is 6.43. The highest BCUT2D eigenvalue weighted by atomic mass is 35.5. The smallest absolute Gasteiger partial charge is 0.251 e. The van der Waals surface area contributed by atoms with Crippen molar-refractivity contribution in [2.75, 3.05) is 13.6 Å². The number of halogens is 1. The van der Waals surface area contributed by atoms with Crippen molar-refractivity contribution >= 4 is 23.4 Å². The molecule has 0 aromatic carbocycles. The quantitative estimate of drug-likeness (QED) is 0.871. The van der Waals surface area contributed by atoms with Crippen LogP contribution in [0.4, 0.5) is 0 Å². The number of likely N-dealkylation sites (tertiary alicyclic amines) is 1. The number of amides is 2. The van der Waals surface area contributed by atoms with Crippen molar-refractivity contribution in [2.24, 2.45) is 0 Å². The molecule has 1 atom stereocenters. The SMILES string of the molecule is CC(C)c1cc(C(=O)NC2CCC(=O)N(C)C2)cc(Cl)n1. The molecule has 0 aliphatic carbocycles. The number of carbonyl (C=O) groups is 2. The van der Waals surface area contributed by atoms with Crippen molar-refractivity contribution in [1.82, 2.24) is 15.2 Å². The zero-order valence-corrected chi connectivity index (χ0v) is 13.3. The highest BCUT2D eigenvalue weighted by Gasteiger charge is 2.24. The summed E-state index contributed by atoms with van der Waals surface area (Å²) in [6.45, 7) is 4.55. The van der Waals surface area contributed by atoms with E-state index in [4.69, 9.17) is 11.6 Å². The lowest BCUT2D eigenvalue weighted by atomic mass is 10.0. The van der Waals surface area contributed by atoms with E-state index in [9.17, 15) is 9.59 Å². The number of rotatable bonds is 3. The van der Waals surface area contributed by atoms with Gasteiger partial charge in [-0.1, -0.05) is 25.4 Å². The third kappa shape index (κ3) is 3.94. The first-order valence-electron chi connectivity index (χ1n) is 7.09. The summed E-state index contributed by atoms with van der Waals surface area (Å²) in [6, 6.07) is 3.32. The van der Waals surface area contributed by atoms with Crippen molar-refractivity contribution in [3.05, 3.63) is 28.5 Å². The van der Waals surface area contributed by atoms with E-state index in [1.807, 2.05) is 13.8 Å². The number of likely N-dealkylation sites (N-methyl/N-ethyl adjacent to an activating group) is 1. The van der Waals surface area contributed by atoms with E-state index in [0.717, 1.165) is 5.69 Å². The molecule has 1 N–H and O–H groups in total. The Morgan fingerprint density at radius 2 is 2.19 bits per heavy atom. The molecule has 1 aliphatic heterocycles. The second-order valence-corrected chi connectivity index (χ2v) is 6.13. The Kier molecular flexibility index (Phi) is 4.83. The third-order valence-corrected chi connectivity index (χ3v) is 3.82. The van der Waals surface area contributed by atoms with Gasteiger partial charge in [0.15, 0.2) is 0 Å². The molecule has 0 bridgehead atoms. The summed E-state index contributed by atoms with van der Waals surface area (Å²) in [5.74, 6) is 0.150. The fourth-order valence-electron chi connectivity index (χ4n) is 2.34. The van der Waals surface area contributed by atoms with Gasteiger partial charge in [-0.25, -0.2) is 4.98 Å². The lowest BCUT2D eigenvalue weighted by Crippen LogP contribution is -2.48. The van der Waals surface area contributed by atoms with Crippen LogP contribution in [-0.2, 0) is 4.79 Å². The Balaban J connectivity index is 2.08. The number of nitrogens with zero attached hydrogens (tertiary/aromatic N) is 2. The molecular formula is C15H20ClN3O2. The maximum Gasteiger partial charge on any atom is 0.251 e. The van der Waals surface area contributed by atoms with Gasteiger partial charge in [-0.15, -0.1) is 0 Å². The van der Waals surface area contributed by atoms with Gasteiger partial charge in [0, 0.05) is 37.3 Å². The molecule has 2 rings (SSSR count). The summed E-state index contributed by atoms with van der Waals surface area (Å²) in [5.41, 5.74) is 1.31. The molecule has 1 aromatic heterocycles. The number of piperidine rings is 1. The van der Waals surface area contributed by atoms with Crippen LogP contribution in [0.3, 0.4) is 0 Å². The summed E-state index contributed by atoms with van der Waals surface area (Å²) >= 11 is 5.98. The van der Waals surface area contributed by atoms with Crippen LogP contribution in [0.5, 0.6) is 0 Å². The first kappa shape index (κ1) is 15.8. The maximum atomic E-state index is 12.3. The molecular weight excluding hydrogens is 290 g/mol. The normalized spacial score (nSPS) is 19.0. The monoisotopic (exact) mass is 309 g/mol. The number of hydrogen-bond acceptors (Lipinski definition) is 3. The Bertz CT molecular complexity index is 560. The van der Waals surface area contributed by atoms with Gasteiger partial charge in [0.05, 0.1) is 0 Å². The molecule has 1 fully saturated rings. The van der Waals surface area contributed by atoms with E-state index in [-0.39, 0.29) is 23.8 Å². The van der Waals surface area contributed by atoms with Gasteiger partial charge in [-0.05, 0) is 24.5 Å². The summed E-state index contributed by atoms with van der Waals surface area (Å²) < 4.78 is 0. The van der Waals surface area contributed by atoms with Crippen LogP contribution in [0.25, 0.3) is 0 Å². The van der Waals surface area contributed by atoms with Gasteiger partial charge in [0.25, 0.3) is 5.91 Å². The molecule has 2 amide bonds. The second-order valence-electron chi connectivity index (χ2n) is 5.74. The third-order valence-electron chi connectivity index (χ3n) is 3.63. The van der Waals surface area contributed by atoms with Gasteiger partial charge >= 0.3 is 0 Å². The van der Waals surface area contributed by atoms with Crippen LogP contribution in [0, 0.1) is 0 Å². The first-order valence-corrected chi connectivity index (χ1v) is 7.47. The molecule has 1 aromatic rings. The minimum absolute atomic E-state index is 0.0189. The fraction of sp³-hybridized carbons (Fsp3) is 0.533. The predicted octanol–water partition coefficient (Wildman–Crippen LogP) is 2.21. The molecule has 2 heterocycles. The Morgan fingerprint density at radius 1 is 1.48 bits per heavy atom. The molecule has 1 saturated heterocycles. The Hall–Kier alpha value is -1.62. The van der Waals surface area contributed by atoms with E-state index >= 15 is 0 Å². The number of aromatic nitrogens is 1. The van der Waals surface area contributed by atoms with Gasteiger partial charge in [-0.2, -0.15) is 0 Å². The zero-order chi connectivity index (χ0) is 15.6. The number of pyridine rings is 1. The van der Waals surface area contributed by atoms with Gasteiger partial charge in [0.2, 0.25) is 5.91 Å². The summed E-state index contributed by atoms with van der Waals surface area (Å²) in [5, 5.41) is 3.28. The van der Waals surface area contributed by atoms with Crippen LogP contribution in [0.15, 0.2) is 12.1 Å². The van der Waals surface area contributed by atoms with Crippen molar-refractivity contribution < 1.29 is 9.59 Å². The van der Waals surface area contributed by atoms with Crippen LogP contribution >= 0.6 is 11.6 Å². The van der Waals surface area contributed by atoms with Gasteiger partial charge in [0.1, 0.15) is 5.15 Å². The van der Waals surface area contributed by atoms with Crippen LogP contribution < -0.4 is 5.32 Å². The van der Waals surface area contributed by atoms with Crippen LogP contribution in [0.1, 0.15) is 48.7 Å². The minimum Gasteiger partial charge on any atom is -0.348 e. The number of hydrogen-bond donors (Lipinski definition) is 1. The van der Waals surface area contributed by atoms with E-state index in [1.54, 1.807) is 24.1 Å². The molecule has 5 nitrogen and oxygen atoms in total.